The Bertz CT molecular complexity index is 353. The Morgan fingerprint density at radius 3 is 1.38 bits per heavy atom. The number of carbonyl (C=O) groups excluding carboxylic acids is 1. The van der Waals surface area contributed by atoms with Gasteiger partial charge in [0, 0.05) is 12.8 Å². The topological polar surface area (TPSA) is 69.6 Å². The average Bonchev–Trinajstić information content (AvgIpc) is 2.52. The van der Waals surface area contributed by atoms with Crippen molar-refractivity contribution in [2.24, 2.45) is 0 Å². The summed E-state index contributed by atoms with van der Waals surface area (Å²) in [7, 11) is 0. The highest BCUT2D eigenvalue weighted by Gasteiger charge is 2.01. The molecule has 1 amide bonds. The van der Waals surface area contributed by atoms with Crippen molar-refractivity contribution in [3.05, 3.63) is 24.7 Å². The molecule has 0 bridgehead atoms. The Morgan fingerprint density at radius 1 is 0.625 bits per heavy atom. The molecule has 4 heteroatoms. The van der Waals surface area contributed by atoms with Crippen molar-refractivity contribution in [2.75, 3.05) is 6.54 Å². The lowest BCUT2D eigenvalue weighted by Gasteiger charge is -2.04. The molecule has 0 rings (SSSR count). The number of hydrogen-bond donors (Lipinski definition) is 3. The molecule has 140 valence electrons. The zero-order valence-electron chi connectivity index (χ0n) is 15.3. The molecule has 0 aliphatic heterocycles. The second kappa shape index (κ2) is 16.4. The van der Waals surface area contributed by atoms with Crippen LogP contribution in [0.3, 0.4) is 0 Å². The zero-order valence-corrected chi connectivity index (χ0v) is 15.3. The fraction of sp³-hybridized carbons (Fsp3) is 0.750. The summed E-state index contributed by atoms with van der Waals surface area (Å²) in [6.45, 7) is 6.99. The third-order valence-corrected chi connectivity index (χ3v) is 4.11. The van der Waals surface area contributed by atoms with E-state index in [1.165, 1.54) is 57.8 Å². The van der Waals surface area contributed by atoms with Gasteiger partial charge in [0.1, 0.15) is 5.76 Å². The number of unbranched alkanes of at least 4 members (excludes halogenated alkanes) is 11. The lowest BCUT2D eigenvalue weighted by Crippen LogP contribution is -2.24. The van der Waals surface area contributed by atoms with Gasteiger partial charge in [-0.25, -0.2) is 0 Å². The van der Waals surface area contributed by atoms with Crippen LogP contribution in [-0.4, -0.2) is 22.7 Å². The molecule has 0 spiro atoms. The van der Waals surface area contributed by atoms with E-state index in [0.29, 0.717) is 12.2 Å². The molecule has 0 radical (unpaired) electrons. The van der Waals surface area contributed by atoms with E-state index in [0.717, 1.165) is 25.7 Å². The molecule has 0 heterocycles. The monoisotopic (exact) mass is 339 g/mol. The van der Waals surface area contributed by atoms with Gasteiger partial charge in [0.05, 0.1) is 12.3 Å². The van der Waals surface area contributed by atoms with Crippen LogP contribution in [0.15, 0.2) is 24.7 Å². The van der Waals surface area contributed by atoms with E-state index in [2.05, 4.69) is 18.5 Å². The number of aliphatic hydroxyl groups is 2. The van der Waals surface area contributed by atoms with E-state index >= 15 is 0 Å². The summed E-state index contributed by atoms with van der Waals surface area (Å²) in [6, 6.07) is 0. The van der Waals surface area contributed by atoms with Crippen molar-refractivity contribution >= 4 is 5.91 Å². The van der Waals surface area contributed by atoms with Crippen LogP contribution in [-0.2, 0) is 4.79 Å². The van der Waals surface area contributed by atoms with Crippen LogP contribution >= 0.6 is 0 Å². The van der Waals surface area contributed by atoms with E-state index in [-0.39, 0.29) is 18.2 Å². The van der Waals surface area contributed by atoms with Crippen LogP contribution in [0.2, 0.25) is 0 Å². The predicted octanol–water partition coefficient (Wildman–Crippen LogP) is 5.71. The SMILES string of the molecule is C=C(O)CCCCCCCCCCCCCCC(=O)NCC(=C)O. The summed E-state index contributed by atoms with van der Waals surface area (Å²) < 4.78 is 0. The van der Waals surface area contributed by atoms with Gasteiger partial charge in [-0.05, 0) is 12.8 Å². The first-order valence-electron chi connectivity index (χ1n) is 9.52. The molecule has 3 N–H and O–H groups in total. The molecule has 4 nitrogen and oxygen atoms in total. The van der Waals surface area contributed by atoms with Gasteiger partial charge in [-0.1, -0.05) is 77.4 Å². The third-order valence-electron chi connectivity index (χ3n) is 4.11. The fourth-order valence-corrected chi connectivity index (χ4v) is 2.67. The number of hydrogen-bond acceptors (Lipinski definition) is 3. The molecule has 0 aromatic rings. The molecule has 0 aliphatic rings. The van der Waals surface area contributed by atoms with Crippen LogP contribution in [0.1, 0.15) is 89.9 Å². The van der Waals surface area contributed by atoms with Crippen molar-refractivity contribution < 1.29 is 15.0 Å². The summed E-state index contributed by atoms with van der Waals surface area (Å²) >= 11 is 0. The van der Waals surface area contributed by atoms with Crippen LogP contribution < -0.4 is 5.32 Å². The van der Waals surface area contributed by atoms with Gasteiger partial charge >= 0.3 is 0 Å². The van der Waals surface area contributed by atoms with Crippen LogP contribution in [0, 0.1) is 0 Å². The zero-order chi connectivity index (χ0) is 18.0. The summed E-state index contributed by atoms with van der Waals surface area (Å²) in [5.41, 5.74) is 0. The molecule has 0 fully saturated rings. The highest BCUT2D eigenvalue weighted by atomic mass is 16.3. The lowest BCUT2D eigenvalue weighted by atomic mass is 10.0. The van der Waals surface area contributed by atoms with Crippen molar-refractivity contribution in [3.8, 4) is 0 Å². The second-order valence-corrected chi connectivity index (χ2v) is 6.65. The molecule has 0 saturated carbocycles. The number of rotatable bonds is 17. The van der Waals surface area contributed by atoms with Crippen LogP contribution in [0.4, 0.5) is 0 Å². The van der Waals surface area contributed by atoms with E-state index in [1.807, 2.05) is 0 Å². The van der Waals surface area contributed by atoms with Gasteiger partial charge < -0.3 is 15.5 Å². The minimum Gasteiger partial charge on any atom is -0.513 e. The van der Waals surface area contributed by atoms with Gasteiger partial charge in [-0.2, -0.15) is 0 Å². The van der Waals surface area contributed by atoms with Crippen molar-refractivity contribution in [3.63, 3.8) is 0 Å². The fourth-order valence-electron chi connectivity index (χ4n) is 2.67. The largest absolute Gasteiger partial charge is 0.513 e. The molecule has 0 aliphatic carbocycles. The Labute approximate surface area is 148 Å². The first-order chi connectivity index (χ1) is 11.5. The summed E-state index contributed by atoms with van der Waals surface area (Å²) in [5, 5.41) is 20.5. The maximum Gasteiger partial charge on any atom is 0.220 e. The number of aliphatic hydroxyl groups excluding tert-OH is 2. The van der Waals surface area contributed by atoms with Crippen molar-refractivity contribution in [2.45, 2.75) is 89.9 Å². The maximum absolute atomic E-state index is 11.4. The molecular formula is C20H37NO3. The summed E-state index contributed by atoms with van der Waals surface area (Å²) in [6.07, 6.45) is 15.8. The second-order valence-electron chi connectivity index (χ2n) is 6.65. The lowest BCUT2D eigenvalue weighted by molar-refractivity contribution is -0.121. The Hall–Kier alpha value is -1.45. The number of allylic oxidation sites excluding steroid dienone is 1. The minimum absolute atomic E-state index is 0.000546. The standard InChI is InChI=1S/C20H37NO3/c1-18(22)15-13-11-9-7-5-3-4-6-8-10-12-14-16-20(24)21-17-19(2)23/h22-23H,1-17H2,(H,21,24). The minimum atomic E-state index is -0.00602. The number of carbonyl (C=O) groups is 1. The Kier molecular flexibility index (Phi) is 15.4. The van der Waals surface area contributed by atoms with E-state index in [1.54, 1.807) is 0 Å². The van der Waals surface area contributed by atoms with E-state index < -0.39 is 0 Å². The molecule has 0 unspecified atom stereocenters. The van der Waals surface area contributed by atoms with Gasteiger partial charge in [-0.3, -0.25) is 4.79 Å². The van der Waals surface area contributed by atoms with Gasteiger partial charge in [-0.15, -0.1) is 0 Å². The van der Waals surface area contributed by atoms with Crippen LogP contribution in [0.5, 0.6) is 0 Å². The Balaban J connectivity index is 3.13. The molecule has 0 atom stereocenters. The summed E-state index contributed by atoms with van der Waals surface area (Å²) in [4.78, 5) is 11.4. The molecule has 0 saturated heterocycles. The van der Waals surface area contributed by atoms with Crippen LogP contribution in [0.25, 0.3) is 0 Å². The van der Waals surface area contributed by atoms with Crippen molar-refractivity contribution in [1.29, 1.82) is 0 Å². The normalized spacial score (nSPS) is 10.5. The number of amides is 1. The molecular weight excluding hydrogens is 302 g/mol. The first-order valence-corrected chi connectivity index (χ1v) is 9.52. The molecule has 0 aromatic heterocycles. The van der Waals surface area contributed by atoms with E-state index in [4.69, 9.17) is 10.2 Å². The summed E-state index contributed by atoms with van der Waals surface area (Å²) in [5.74, 6) is 0.305. The smallest absolute Gasteiger partial charge is 0.220 e. The predicted molar refractivity (Wildman–Crippen MR) is 101 cm³/mol. The van der Waals surface area contributed by atoms with E-state index in [9.17, 15) is 4.79 Å². The maximum atomic E-state index is 11.4. The van der Waals surface area contributed by atoms with Gasteiger partial charge in [0.2, 0.25) is 5.91 Å². The molecule has 0 aromatic carbocycles. The first kappa shape index (κ1) is 22.6. The average molecular weight is 340 g/mol. The van der Waals surface area contributed by atoms with Gasteiger partial charge in [0.15, 0.2) is 0 Å². The Morgan fingerprint density at radius 2 is 1.00 bits per heavy atom. The van der Waals surface area contributed by atoms with Crippen molar-refractivity contribution in [1.82, 2.24) is 5.32 Å². The highest BCUT2D eigenvalue weighted by molar-refractivity contribution is 5.75. The highest BCUT2D eigenvalue weighted by Crippen LogP contribution is 2.13. The quantitative estimate of drug-likeness (QED) is 0.235. The molecule has 24 heavy (non-hydrogen) atoms. The van der Waals surface area contributed by atoms with Gasteiger partial charge in [0.25, 0.3) is 0 Å². The number of nitrogens with one attached hydrogen (secondary N) is 1. The third kappa shape index (κ3) is 18.6.